The molecule has 4 nitrogen and oxygen atoms in total. The largest absolute Gasteiger partial charge is 0.344 e. The lowest BCUT2D eigenvalue weighted by atomic mass is 9.89. The van der Waals surface area contributed by atoms with E-state index >= 15 is 0 Å². The fourth-order valence-electron chi connectivity index (χ4n) is 8.45. The molecular weight excluding hydrogens is 705 g/mol. The van der Waals surface area contributed by atoms with Crippen LogP contribution in [0.1, 0.15) is 22.9 Å². The van der Waals surface area contributed by atoms with Gasteiger partial charge in [0.1, 0.15) is 12.0 Å². The maximum atomic E-state index is 5.31. The van der Waals surface area contributed by atoms with E-state index in [1.807, 2.05) is 36.4 Å². The lowest BCUT2D eigenvalue weighted by Crippen LogP contribution is -2.33. The zero-order valence-electron chi connectivity index (χ0n) is 31.5. The molecule has 0 saturated heterocycles. The quantitative estimate of drug-likeness (QED) is 0.173. The molecule has 58 heavy (non-hydrogen) atoms. The number of pyridine rings is 1. The molecular formula is C54H36N4. The van der Waals surface area contributed by atoms with Gasteiger partial charge < -0.3 is 5.32 Å². The van der Waals surface area contributed by atoms with Gasteiger partial charge in [-0.2, -0.15) is 0 Å². The zero-order valence-corrected chi connectivity index (χ0v) is 31.5. The Balaban J connectivity index is 1.12. The van der Waals surface area contributed by atoms with Crippen molar-refractivity contribution in [3.63, 3.8) is 0 Å². The van der Waals surface area contributed by atoms with Crippen molar-refractivity contribution in [1.82, 2.24) is 10.3 Å². The number of hydrogen-bond donors (Lipinski definition) is 1. The van der Waals surface area contributed by atoms with Crippen LogP contribution in [-0.4, -0.2) is 16.7 Å². The lowest BCUT2D eigenvalue weighted by molar-refractivity contribution is 0.674. The van der Waals surface area contributed by atoms with Gasteiger partial charge >= 0.3 is 0 Å². The third-order valence-corrected chi connectivity index (χ3v) is 11.3. The van der Waals surface area contributed by atoms with Crippen molar-refractivity contribution >= 4 is 54.9 Å². The predicted molar refractivity (Wildman–Crippen MR) is 242 cm³/mol. The van der Waals surface area contributed by atoms with Crippen LogP contribution >= 0.6 is 0 Å². The van der Waals surface area contributed by atoms with Crippen LogP contribution < -0.4 is 5.32 Å². The Labute approximate surface area is 336 Å². The van der Waals surface area contributed by atoms with Crippen LogP contribution in [0.4, 0.5) is 0 Å². The Morgan fingerprint density at radius 2 is 0.983 bits per heavy atom. The third kappa shape index (κ3) is 5.99. The van der Waals surface area contributed by atoms with Crippen LogP contribution in [0.25, 0.3) is 76.7 Å². The predicted octanol–water partition coefficient (Wildman–Crippen LogP) is 13.2. The summed E-state index contributed by atoms with van der Waals surface area (Å²) in [4.78, 5) is 15.7. The molecule has 10 aromatic rings. The number of aliphatic imine (C=N–C) groups is 2. The Hall–Kier alpha value is -7.69. The van der Waals surface area contributed by atoms with Crippen molar-refractivity contribution in [3.05, 3.63) is 223 Å². The van der Waals surface area contributed by atoms with Crippen molar-refractivity contribution in [2.24, 2.45) is 9.98 Å². The number of amidine groups is 2. The van der Waals surface area contributed by atoms with Crippen molar-refractivity contribution in [2.45, 2.75) is 6.17 Å². The van der Waals surface area contributed by atoms with Crippen molar-refractivity contribution in [1.29, 1.82) is 0 Å². The van der Waals surface area contributed by atoms with Crippen LogP contribution in [0.15, 0.2) is 216 Å². The second-order valence-electron chi connectivity index (χ2n) is 14.8. The average Bonchev–Trinajstić information content (AvgIpc) is 3.31. The van der Waals surface area contributed by atoms with E-state index in [4.69, 9.17) is 15.0 Å². The molecule has 0 bridgehead atoms. The lowest BCUT2D eigenvalue weighted by Gasteiger charge is -2.25. The van der Waals surface area contributed by atoms with Crippen LogP contribution in [-0.2, 0) is 0 Å². The summed E-state index contributed by atoms with van der Waals surface area (Å²) in [5, 5.41) is 12.0. The van der Waals surface area contributed by atoms with Gasteiger partial charge in [-0.3, -0.25) is 0 Å². The zero-order chi connectivity index (χ0) is 38.4. The number of nitrogens with zero attached hydrogens (tertiary/aromatic N) is 3. The molecule has 0 aliphatic carbocycles. The van der Waals surface area contributed by atoms with Gasteiger partial charge in [-0.15, -0.1) is 0 Å². The van der Waals surface area contributed by atoms with E-state index in [2.05, 4.69) is 175 Å². The molecule has 0 amide bonds. The molecule has 4 heteroatoms. The fraction of sp³-hybridized carbons (Fsp3) is 0.0185. The molecule has 9 aromatic carbocycles. The van der Waals surface area contributed by atoms with Crippen molar-refractivity contribution < 1.29 is 0 Å². The Kier molecular flexibility index (Phi) is 8.18. The number of hydrogen-bond acceptors (Lipinski definition) is 4. The molecule has 1 aromatic heterocycles. The number of nitrogens with one attached hydrogen (secondary N) is 1. The van der Waals surface area contributed by atoms with Gasteiger partial charge in [0.25, 0.3) is 0 Å². The van der Waals surface area contributed by atoms with Gasteiger partial charge in [0.05, 0.1) is 11.2 Å². The van der Waals surface area contributed by atoms with E-state index in [1.54, 1.807) is 0 Å². The second kappa shape index (κ2) is 14.1. The minimum atomic E-state index is -0.388. The molecule has 0 fully saturated rings. The first kappa shape index (κ1) is 33.6. The highest BCUT2D eigenvalue weighted by molar-refractivity contribution is 6.15. The molecule has 0 radical (unpaired) electrons. The van der Waals surface area contributed by atoms with Gasteiger partial charge in [-0.25, -0.2) is 15.0 Å². The van der Waals surface area contributed by atoms with Crippen LogP contribution in [0.5, 0.6) is 0 Å². The summed E-state index contributed by atoms with van der Waals surface area (Å²) < 4.78 is 0. The Bertz CT molecular complexity index is 3260. The van der Waals surface area contributed by atoms with Gasteiger partial charge in [-0.1, -0.05) is 176 Å². The van der Waals surface area contributed by atoms with Gasteiger partial charge in [0.2, 0.25) is 0 Å². The van der Waals surface area contributed by atoms with E-state index in [0.717, 1.165) is 83.1 Å². The van der Waals surface area contributed by atoms with Crippen molar-refractivity contribution in [2.75, 3.05) is 0 Å². The first-order valence-corrected chi connectivity index (χ1v) is 19.7. The van der Waals surface area contributed by atoms with E-state index in [1.165, 1.54) is 16.2 Å². The summed E-state index contributed by atoms with van der Waals surface area (Å²) in [5.74, 6) is 1.49. The summed E-state index contributed by atoms with van der Waals surface area (Å²) >= 11 is 0. The summed E-state index contributed by atoms with van der Waals surface area (Å²) in [6.07, 6.45) is -0.388. The molecule has 272 valence electrons. The second-order valence-corrected chi connectivity index (χ2v) is 14.8. The molecule has 1 aliphatic rings. The molecule has 11 rings (SSSR count). The summed E-state index contributed by atoms with van der Waals surface area (Å²) in [6, 6.07) is 73.1. The average molecular weight is 741 g/mol. The van der Waals surface area contributed by atoms with E-state index in [-0.39, 0.29) is 6.17 Å². The number of para-hydroxylation sites is 1. The molecule has 1 aliphatic heterocycles. The third-order valence-electron chi connectivity index (χ3n) is 11.3. The Morgan fingerprint density at radius 3 is 1.78 bits per heavy atom. The van der Waals surface area contributed by atoms with Gasteiger partial charge in [0, 0.05) is 27.5 Å². The van der Waals surface area contributed by atoms with E-state index in [9.17, 15) is 0 Å². The Morgan fingerprint density at radius 1 is 0.379 bits per heavy atom. The number of aromatic nitrogens is 1. The number of rotatable bonds is 6. The summed E-state index contributed by atoms with van der Waals surface area (Å²) in [5.41, 5.74) is 10.7. The topological polar surface area (TPSA) is 49.6 Å². The SMILES string of the molecule is c1ccc(C2=NC(c3cc(-c4ccc5ccccc5c4)cc(-c4ccc(-c5nc6ccccc6c6ccccc56)c5ccccc45)c3)NC(c3ccccc3)=N2)cc1. The molecule has 1 N–H and O–H groups in total. The number of benzene rings is 9. The number of fused-ring (bicyclic) bond motifs is 5. The van der Waals surface area contributed by atoms with E-state index in [0.29, 0.717) is 5.84 Å². The van der Waals surface area contributed by atoms with Crippen LogP contribution in [0.3, 0.4) is 0 Å². The minimum absolute atomic E-state index is 0.388. The summed E-state index contributed by atoms with van der Waals surface area (Å²) in [7, 11) is 0. The van der Waals surface area contributed by atoms with Crippen LogP contribution in [0, 0.1) is 0 Å². The molecule has 0 saturated carbocycles. The van der Waals surface area contributed by atoms with Gasteiger partial charge in [-0.05, 0) is 85.1 Å². The first-order chi connectivity index (χ1) is 28.7. The smallest absolute Gasteiger partial charge is 0.159 e. The molecule has 1 atom stereocenters. The molecule has 1 unspecified atom stereocenters. The maximum Gasteiger partial charge on any atom is 0.159 e. The first-order valence-electron chi connectivity index (χ1n) is 19.7. The monoisotopic (exact) mass is 740 g/mol. The molecule has 0 spiro atoms. The van der Waals surface area contributed by atoms with E-state index < -0.39 is 0 Å². The normalized spacial score (nSPS) is 14.0. The maximum absolute atomic E-state index is 5.31. The summed E-state index contributed by atoms with van der Waals surface area (Å²) in [6.45, 7) is 0. The fourth-order valence-corrected chi connectivity index (χ4v) is 8.45. The van der Waals surface area contributed by atoms with Gasteiger partial charge in [0.15, 0.2) is 5.84 Å². The van der Waals surface area contributed by atoms with Crippen LogP contribution in [0.2, 0.25) is 0 Å². The standard InChI is InChI=1S/C54H36N4/c1-3-16-36(17-4-1)52-56-53(37-18-5-2-6-19-37)58-54(57-52)42-33-40(39-28-27-35-15-7-8-20-38(35)31-39)32-41(34-42)43-29-30-49(45-22-10-9-21-44(43)45)51-48-25-12-11-23-46(48)47-24-13-14-26-50(47)55-51/h1-34,54H,(H,56,57,58). The highest BCUT2D eigenvalue weighted by Gasteiger charge is 2.23. The molecule has 2 heterocycles. The highest BCUT2D eigenvalue weighted by atomic mass is 15.2. The van der Waals surface area contributed by atoms with Crippen molar-refractivity contribution in [3.8, 4) is 33.5 Å². The highest BCUT2D eigenvalue weighted by Crippen LogP contribution is 2.41. The minimum Gasteiger partial charge on any atom is -0.344 e.